The van der Waals surface area contributed by atoms with Crippen LogP contribution in [-0.2, 0) is 10.2 Å². The summed E-state index contributed by atoms with van der Waals surface area (Å²) in [4.78, 5) is 12.6. The van der Waals surface area contributed by atoms with Gasteiger partial charge in [0.15, 0.2) is 5.78 Å². The number of nitrogens with zero attached hydrogens (tertiary/aromatic N) is 1. The van der Waals surface area contributed by atoms with E-state index in [1.54, 1.807) is 6.92 Å². The molecule has 2 atom stereocenters. The third-order valence-electron chi connectivity index (χ3n) is 5.72. The predicted molar refractivity (Wildman–Crippen MR) is 75.6 cm³/mol. The Bertz CT molecular complexity index is 547. The normalized spacial score (nSPS) is 33.0. The first-order valence-corrected chi connectivity index (χ1v) is 6.54. The zero-order chi connectivity index (χ0) is 14.5. The zero-order valence-electron chi connectivity index (χ0n) is 12.2. The van der Waals surface area contributed by atoms with Crippen molar-refractivity contribution in [2.45, 2.75) is 40.0 Å². The molecule has 1 aliphatic carbocycles. The van der Waals surface area contributed by atoms with Crippen LogP contribution in [0.4, 0.5) is 0 Å². The number of hydrogen-bond donors (Lipinski definition) is 1. The topological polar surface area (TPSA) is 49.7 Å². The molecule has 1 aliphatic rings. The number of carbonyl (C=O) groups excluding carboxylic acids is 1. The van der Waals surface area contributed by atoms with E-state index in [9.17, 15) is 4.79 Å². The van der Waals surface area contributed by atoms with Crippen LogP contribution in [-0.4, -0.2) is 16.7 Å². The number of rotatable bonds is 3. The Labute approximate surface area is 114 Å². The molecule has 1 aromatic carbocycles. The van der Waals surface area contributed by atoms with Crippen molar-refractivity contribution < 1.29 is 10.0 Å². The molecular weight excluding hydrogens is 238 g/mol. The maximum absolute atomic E-state index is 12.6. The summed E-state index contributed by atoms with van der Waals surface area (Å²) in [5.41, 5.74) is 0.364. The van der Waals surface area contributed by atoms with E-state index in [-0.39, 0.29) is 22.3 Å². The average Bonchev–Trinajstić information content (AvgIpc) is 2.79. The van der Waals surface area contributed by atoms with Gasteiger partial charge in [-0.15, -0.1) is 0 Å². The molecule has 0 spiro atoms. The highest BCUT2D eigenvalue weighted by molar-refractivity contribution is 6.42. The molecule has 0 amide bonds. The highest BCUT2D eigenvalue weighted by atomic mass is 16.4. The van der Waals surface area contributed by atoms with Gasteiger partial charge >= 0.3 is 0 Å². The van der Waals surface area contributed by atoms with Crippen LogP contribution >= 0.6 is 0 Å². The number of carbonyl (C=O) groups is 1. The molecular formula is C16H21NO2. The molecule has 1 saturated carbocycles. The monoisotopic (exact) mass is 259 g/mol. The maximum Gasteiger partial charge on any atom is 0.187 e. The van der Waals surface area contributed by atoms with Crippen molar-refractivity contribution in [1.29, 1.82) is 0 Å². The van der Waals surface area contributed by atoms with Crippen molar-refractivity contribution in [3.8, 4) is 0 Å². The summed E-state index contributed by atoms with van der Waals surface area (Å²) >= 11 is 0. The minimum atomic E-state index is -0.544. The van der Waals surface area contributed by atoms with Gasteiger partial charge in [-0.25, -0.2) is 0 Å². The Hall–Kier alpha value is -1.64. The Balaban J connectivity index is 2.53. The fourth-order valence-electron chi connectivity index (χ4n) is 3.68. The first kappa shape index (κ1) is 13.8. The van der Waals surface area contributed by atoms with Crippen LogP contribution in [0.2, 0.25) is 0 Å². The van der Waals surface area contributed by atoms with E-state index >= 15 is 0 Å². The largest absolute Gasteiger partial charge is 0.411 e. The summed E-state index contributed by atoms with van der Waals surface area (Å²) in [6.07, 6.45) is 0. The number of benzene rings is 1. The summed E-state index contributed by atoms with van der Waals surface area (Å²) in [6, 6.07) is 10.1. The first-order valence-electron chi connectivity index (χ1n) is 6.54. The number of ketones is 1. The van der Waals surface area contributed by atoms with E-state index in [4.69, 9.17) is 5.21 Å². The number of oxime groups is 1. The van der Waals surface area contributed by atoms with Crippen LogP contribution < -0.4 is 0 Å². The molecule has 0 radical (unpaired) electrons. The lowest BCUT2D eigenvalue weighted by Gasteiger charge is -2.17. The summed E-state index contributed by atoms with van der Waals surface area (Å²) in [7, 11) is 0. The predicted octanol–water partition coefficient (Wildman–Crippen LogP) is 3.41. The molecule has 3 heteroatoms. The van der Waals surface area contributed by atoms with Crippen molar-refractivity contribution in [2.75, 3.05) is 0 Å². The quantitative estimate of drug-likeness (QED) is 0.514. The number of hydrogen-bond acceptors (Lipinski definition) is 3. The standard InChI is InChI=1S/C16H21NO2/c1-11(17-19)13(18)16(5)14(2,3)15(16,4)12-9-7-6-8-10-12/h6-10,19H,1-5H3/b17-11+. The lowest BCUT2D eigenvalue weighted by molar-refractivity contribution is -0.118. The Morgan fingerprint density at radius 2 is 1.63 bits per heavy atom. The van der Waals surface area contributed by atoms with Gasteiger partial charge in [-0.3, -0.25) is 4.79 Å². The van der Waals surface area contributed by atoms with Gasteiger partial charge in [-0.2, -0.15) is 0 Å². The van der Waals surface area contributed by atoms with Crippen molar-refractivity contribution in [1.82, 2.24) is 0 Å². The Kier molecular flexibility index (Phi) is 2.85. The molecule has 19 heavy (non-hydrogen) atoms. The number of Topliss-reactive ketones (excluding diaryl/α,β-unsaturated/α-hetero) is 1. The lowest BCUT2D eigenvalue weighted by Crippen LogP contribution is -2.28. The zero-order valence-corrected chi connectivity index (χ0v) is 12.2. The summed E-state index contributed by atoms with van der Waals surface area (Å²) in [5.74, 6) is -0.0775. The van der Waals surface area contributed by atoms with Crippen LogP contribution in [0.25, 0.3) is 0 Å². The SMILES string of the molecule is C/C(=N\O)C(=O)C1(C)C(C)(C)C1(C)c1ccccc1. The average molecular weight is 259 g/mol. The smallest absolute Gasteiger partial charge is 0.187 e. The summed E-state index contributed by atoms with van der Waals surface area (Å²) in [5, 5.41) is 12.0. The van der Waals surface area contributed by atoms with Crippen LogP contribution in [0, 0.1) is 10.8 Å². The van der Waals surface area contributed by atoms with Gasteiger partial charge in [0.1, 0.15) is 5.71 Å². The maximum atomic E-state index is 12.6. The van der Waals surface area contributed by atoms with E-state index in [2.05, 4.69) is 38.1 Å². The summed E-state index contributed by atoms with van der Waals surface area (Å²) in [6.45, 7) is 9.85. The Morgan fingerprint density at radius 1 is 1.11 bits per heavy atom. The molecule has 0 heterocycles. The van der Waals surface area contributed by atoms with Gasteiger partial charge in [0.2, 0.25) is 0 Å². The molecule has 0 bridgehead atoms. The van der Waals surface area contributed by atoms with Crippen molar-refractivity contribution in [3.63, 3.8) is 0 Å². The van der Waals surface area contributed by atoms with Crippen LogP contribution in [0.1, 0.15) is 40.2 Å². The van der Waals surface area contributed by atoms with E-state index in [1.165, 1.54) is 0 Å². The molecule has 1 N–H and O–H groups in total. The molecule has 1 aromatic rings. The van der Waals surface area contributed by atoms with Crippen molar-refractivity contribution in [3.05, 3.63) is 35.9 Å². The second-order valence-corrected chi connectivity index (χ2v) is 6.26. The third-order valence-corrected chi connectivity index (χ3v) is 5.72. The van der Waals surface area contributed by atoms with Gasteiger partial charge in [0, 0.05) is 10.8 Å². The molecule has 2 unspecified atom stereocenters. The minimum Gasteiger partial charge on any atom is -0.411 e. The van der Waals surface area contributed by atoms with Crippen LogP contribution in [0.5, 0.6) is 0 Å². The molecule has 0 aromatic heterocycles. The van der Waals surface area contributed by atoms with Crippen molar-refractivity contribution in [2.24, 2.45) is 16.0 Å². The highest BCUT2D eigenvalue weighted by Gasteiger charge is 2.80. The third kappa shape index (κ3) is 1.38. The summed E-state index contributed by atoms with van der Waals surface area (Å²) < 4.78 is 0. The van der Waals surface area contributed by atoms with Gasteiger partial charge in [-0.05, 0) is 17.9 Å². The fourth-order valence-corrected chi connectivity index (χ4v) is 3.68. The first-order chi connectivity index (χ1) is 8.75. The Morgan fingerprint density at radius 3 is 2.11 bits per heavy atom. The van der Waals surface area contributed by atoms with E-state index in [1.807, 2.05) is 25.1 Å². The highest BCUT2D eigenvalue weighted by Crippen LogP contribution is 2.78. The van der Waals surface area contributed by atoms with Gasteiger partial charge in [0.05, 0.1) is 0 Å². The minimum absolute atomic E-state index is 0.0775. The molecule has 3 nitrogen and oxygen atoms in total. The van der Waals surface area contributed by atoms with Crippen LogP contribution in [0.3, 0.4) is 0 Å². The van der Waals surface area contributed by atoms with E-state index in [0.717, 1.165) is 5.56 Å². The lowest BCUT2D eigenvalue weighted by atomic mass is 9.85. The van der Waals surface area contributed by atoms with Crippen LogP contribution in [0.15, 0.2) is 35.5 Å². The van der Waals surface area contributed by atoms with E-state index in [0.29, 0.717) is 0 Å². The molecule has 1 fully saturated rings. The molecule has 2 rings (SSSR count). The molecule has 0 saturated heterocycles. The van der Waals surface area contributed by atoms with Gasteiger partial charge in [-0.1, -0.05) is 63.2 Å². The van der Waals surface area contributed by atoms with Crippen molar-refractivity contribution >= 4 is 11.5 Å². The second-order valence-electron chi connectivity index (χ2n) is 6.26. The molecule has 102 valence electrons. The van der Waals surface area contributed by atoms with E-state index < -0.39 is 5.41 Å². The fraction of sp³-hybridized carbons (Fsp3) is 0.500. The molecule has 0 aliphatic heterocycles. The second kappa shape index (κ2) is 3.92. The van der Waals surface area contributed by atoms with Gasteiger partial charge < -0.3 is 5.21 Å². The van der Waals surface area contributed by atoms with Gasteiger partial charge in [0.25, 0.3) is 0 Å².